The molecule has 5 heteroatoms. The second-order valence-electron chi connectivity index (χ2n) is 4.37. The molecule has 0 saturated heterocycles. The summed E-state index contributed by atoms with van der Waals surface area (Å²) in [5, 5.41) is 5.04. The molecule has 0 aliphatic carbocycles. The highest BCUT2D eigenvalue weighted by Crippen LogP contribution is 2.21. The summed E-state index contributed by atoms with van der Waals surface area (Å²) in [7, 11) is 0. The van der Waals surface area contributed by atoms with Crippen LogP contribution in [0.4, 0.5) is 0 Å². The summed E-state index contributed by atoms with van der Waals surface area (Å²) in [6.45, 7) is 1.94. The molecule has 0 aliphatic heterocycles. The predicted molar refractivity (Wildman–Crippen MR) is 80.8 cm³/mol. The van der Waals surface area contributed by atoms with E-state index in [-0.39, 0.29) is 5.91 Å². The predicted octanol–water partition coefficient (Wildman–Crippen LogP) is 4.05. The quantitative estimate of drug-likeness (QED) is 0.708. The molecule has 0 aliphatic rings. The number of hydrogen-bond acceptors (Lipinski definition) is 3. The van der Waals surface area contributed by atoms with Gasteiger partial charge in [0.15, 0.2) is 0 Å². The van der Waals surface area contributed by atoms with Crippen molar-refractivity contribution in [1.82, 2.24) is 9.55 Å². The number of halogens is 1. The molecule has 96 valence electrons. The van der Waals surface area contributed by atoms with Crippen LogP contribution in [0.25, 0.3) is 10.8 Å². The number of aromatic nitrogens is 2. The molecule has 2 heterocycles. The molecule has 0 atom stereocenters. The molecule has 2 aromatic heterocycles. The molecule has 0 bridgehead atoms. The highest BCUT2D eigenvalue weighted by Gasteiger charge is 2.10. The molecule has 0 unspecified atom stereocenters. The molecule has 0 fully saturated rings. The monoisotopic (exact) mass is 334 g/mol. The third-order valence-electron chi connectivity index (χ3n) is 2.89. The number of benzene rings is 1. The first-order valence-electron chi connectivity index (χ1n) is 5.83. The number of rotatable bonds is 2. The minimum atomic E-state index is 0.0395. The van der Waals surface area contributed by atoms with E-state index in [4.69, 9.17) is 0 Å². The maximum atomic E-state index is 12.2. The van der Waals surface area contributed by atoms with E-state index in [9.17, 15) is 4.79 Å². The Labute approximate surface area is 123 Å². The van der Waals surface area contributed by atoms with Crippen molar-refractivity contribution in [3.8, 4) is 0 Å². The Morgan fingerprint density at radius 1 is 1.37 bits per heavy atom. The van der Waals surface area contributed by atoms with Crippen molar-refractivity contribution in [2.24, 2.45) is 0 Å². The molecule has 19 heavy (non-hydrogen) atoms. The summed E-state index contributed by atoms with van der Waals surface area (Å²) in [6.07, 6.45) is 4.07. The van der Waals surface area contributed by atoms with Crippen molar-refractivity contribution in [1.29, 1.82) is 0 Å². The third-order valence-corrected chi connectivity index (χ3v) is 4.21. The highest BCUT2D eigenvalue weighted by molar-refractivity contribution is 9.10. The Hall–Kier alpha value is -1.46. The van der Waals surface area contributed by atoms with Crippen molar-refractivity contribution in [2.45, 2.75) is 13.3 Å². The summed E-state index contributed by atoms with van der Waals surface area (Å²) in [4.78, 5) is 16.5. The maximum Gasteiger partial charge on any atom is 0.236 e. The molecule has 0 spiro atoms. The van der Waals surface area contributed by atoms with Gasteiger partial charge in [-0.05, 0) is 24.4 Å². The van der Waals surface area contributed by atoms with Crippen molar-refractivity contribution < 1.29 is 4.79 Å². The standard InChI is InChI=1S/C14H11BrN2OS/c1-9-16-13(8-19-9)5-14(18)17-6-10-2-3-12(15)4-11(10)7-17/h2-4,6-8H,5H2,1H3. The first-order valence-corrected chi connectivity index (χ1v) is 7.50. The van der Waals surface area contributed by atoms with Crippen LogP contribution in [0.2, 0.25) is 0 Å². The highest BCUT2D eigenvalue weighted by atomic mass is 79.9. The smallest absolute Gasteiger partial charge is 0.236 e. The van der Waals surface area contributed by atoms with Gasteiger partial charge in [0.05, 0.1) is 17.1 Å². The lowest BCUT2D eigenvalue weighted by Crippen LogP contribution is -2.11. The number of aryl methyl sites for hydroxylation is 1. The topological polar surface area (TPSA) is 34.9 Å². The lowest BCUT2D eigenvalue weighted by molar-refractivity contribution is 0.0914. The molecule has 3 aromatic rings. The van der Waals surface area contributed by atoms with Gasteiger partial charge in [-0.1, -0.05) is 22.0 Å². The normalized spacial score (nSPS) is 11.1. The van der Waals surface area contributed by atoms with Gasteiger partial charge in [-0.2, -0.15) is 0 Å². The average molecular weight is 335 g/mol. The number of hydrogen-bond donors (Lipinski definition) is 0. The summed E-state index contributed by atoms with van der Waals surface area (Å²) in [5.41, 5.74) is 0.839. The molecule has 0 N–H and O–H groups in total. The maximum absolute atomic E-state index is 12.2. The zero-order valence-corrected chi connectivity index (χ0v) is 12.7. The van der Waals surface area contributed by atoms with Crippen LogP contribution in [0.1, 0.15) is 15.5 Å². The first-order chi connectivity index (χ1) is 9.11. The Balaban J connectivity index is 1.89. The van der Waals surface area contributed by atoms with Crippen molar-refractivity contribution in [2.75, 3.05) is 0 Å². The van der Waals surface area contributed by atoms with Crippen LogP contribution in [-0.2, 0) is 6.42 Å². The molecular weight excluding hydrogens is 324 g/mol. The Morgan fingerprint density at radius 2 is 2.16 bits per heavy atom. The molecule has 0 amide bonds. The van der Waals surface area contributed by atoms with Crippen LogP contribution in [0.3, 0.4) is 0 Å². The van der Waals surface area contributed by atoms with Crippen molar-refractivity contribution in [3.63, 3.8) is 0 Å². The summed E-state index contributed by atoms with van der Waals surface area (Å²) in [5.74, 6) is 0.0395. The molecular formula is C14H11BrN2OS. The Morgan fingerprint density at radius 3 is 2.89 bits per heavy atom. The van der Waals surface area contributed by atoms with Crippen molar-refractivity contribution >= 4 is 43.9 Å². The Kier molecular flexibility index (Phi) is 3.24. The van der Waals surface area contributed by atoms with E-state index in [1.807, 2.05) is 42.9 Å². The molecule has 3 rings (SSSR count). The molecule has 0 saturated carbocycles. The minimum absolute atomic E-state index is 0.0395. The fraction of sp³-hybridized carbons (Fsp3) is 0.143. The number of nitrogens with zero attached hydrogens (tertiary/aromatic N) is 2. The number of carbonyl (C=O) groups excluding carboxylic acids is 1. The van der Waals surface area contributed by atoms with Crippen LogP contribution in [0.5, 0.6) is 0 Å². The first kappa shape index (κ1) is 12.6. The van der Waals surface area contributed by atoms with E-state index in [0.717, 1.165) is 25.9 Å². The second-order valence-corrected chi connectivity index (χ2v) is 6.34. The minimum Gasteiger partial charge on any atom is -0.293 e. The number of carbonyl (C=O) groups is 1. The van der Waals surface area contributed by atoms with Gasteiger partial charge in [0.1, 0.15) is 0 Å². The summed E-state index contributed by atoms with van der Waals surface area (Å²) >= 11 is 5.00. The van der Waals surface area contributed by atoms with Crippen LogP contribution in [0.15, 0.2) is 40.4 Å². The van der Waals surface area contributed by atoms with E-state index in [0.29, 0.717) is 6.42 Å². The lowest BCUT2D eigenvalue weighted by atomic mass is 10.2. The zero-order valence-electron chi connectivity index (χ0n) is 10.3. The van der Waals surface area contributed by atoms with E-state index in [1.54, 1.807) is 15.9 Å². The van der Waals surface area contributed by atoms with E-state index in [2.05, 4.69) is 20.9 Å². The lowest BCUT2D eigenvalue weighted by Gasteiger charge is -1.98. The van der Waals surface area contributed by atoms with Crippen LogP contribution in [0, 0.1) is 6.92 Å². The van der Waals surface area contributed by atoms with Crippen LogP contribution in [-0.4, -0.2) is 15.5 Å². The summed E-state index contributed by atoms with van der Waals surface area (Å²) < 4.78 is 2.66. The molecule has 1 aromatic carbocycles. The van der Waals surface area contributed by atoms with Gasteiger partial charge in [-0.25, -0.2) is 4.98 Å². The van der Waals surface area contributed by atoms with Crippen LogP contribution >= 0.6 is 27.3 Å². The summed E-state index contributed by atoms with van der Waals surface area (Å²) in [6, 6.07) is 5.98. The van der Waals surface area contributed by atoms with E-state index in [1.165, 1.54) is 0 Å². The van der Waals surface area contributed by atoms with Gasteiger partial charge in [0.2, 0.25) is 5.91 Å². The number of thiazole rings is 1. The third kappa shape index (κ3) is 2.62. The Bertz CT molecular complexity index is 760. The van der Waals surface area contributed by atoms with Crippen LogP contribution < -0.4 is 0 Å². The average Bonchev–Trinajstić information content (AvgIpc) is 2.95. The fourth-order valence-electron chi connectivity index (χ4n) is 1.99. The van der Waals surface area contributed by atoms with Gasteiger partial charge >= 0.3 is 0 Å². The number of fused-ring (bicyclic) bond motifs is 1. The van der Waals surface area contributed by atoms with Gasteiger partial charge in [0.25, 0.3) is 0 Å². The van der Waals surface area contributed by atoms with E-state index < -0.39 is 0 Å². The van der Waals surface area contributed by atoms with Gasteiger partial charge in [0, 0.05) is 27.6 Å². The van der Waals surface area contributed by atoms with Gasteiger partial charge in [-0.15, -0.1) is 11.3 Å². The molecule has 0 radical (unpaired) electrons. The largest absolute Gasteiger partial charge is 0.293 e. The van der Waals surface area contributed by atoms with Crippen molar-refractivity contribution in [3.05, 3.63) is 51.1 Å². The SMILES string of the molecule is Cc1nc(CC(=O)n2cc3ccc(Br)cc3c2)cs1. The second kappa shape index (κ2) is 4.90. The van der Waals surface area contributed by atoms with Gasteiger partial charge in [-0.3, -0.25) is 9.36 Å². The zero-order chi connectivity index (χ0) is 13.4. The van der Waals surface area contributed by atoms with E-state index >= 15 is 0 Å². The fourth-order valence-corrected chi connectivity index (χ4v) is 2.98. The molecule has 3 nitrogen and oxygen atoms in total. The van der Waals surface area contributed by atoms with Gasteiger partial charge < -0.3 is 0 Å².